The van der Waals surface area contributed by atoms with E-state index >= 15 is 0 Å². The molecule has 26 heavy (non-hydrogen) atoms. The van der Waals surface area contributed by atoms with Crippen molar-refractivity contribution in [2.75, 3.05) is 7.11 Å². The van der Waals surface area contributed by atoms with Gasteiger partial charge in [-0.15, -0.1) is 0 Å². The third-order valence-electron chi connectivity index (χ3n) is 4.41. The second kappa shape index (κ2) is 8.32. The molecule has 2 aromatic carbocycles. The number of hydrogen-bond donors (Lipinski definition) is 0. The fourth-order valence-corrected chi connectivity index (χ4v) is 3.52. The van der Waals surface area contributed by atoms with Gasteiger partial charge in [-0.3, -0.25) is 4.79 Å². The highest BCUT2D eigenvalue weighted by molar-refractivity contribution is 9.10. The van der Waals surface area contributed by atoms with Crippen LogP contribution >= 0.6 is 15.9 Å². The third-order valence-corrected chi connectivity index (χ3v) is 5.14. The number of allylic oxidation sites excluding steroid dienone is 1. The Labute approximate surface area is 161 Å². The molecule has 2 aromatic rings. The van der Waals surface area contributed by atoms with E-state index in [0.29, 0.717) is 18.5 Å². The molecule has 1 heterocycles. The Morgan fingerprint density at radius 1 is 1.15 bits per heavy atom. The van der Waals surface area contributed by atoms with Crippen molar-refractivity contribution in [3.8, 4) is 0 Å². The van der Waals surface area contributed by atoms with Crippen molar-refractivity contribution in [3.63, 3.8) is 0 Å². The van der Waals surface area contributed by atoms with Crippen LogP contribution in [0, 0.1) is 0 Å². The number of ether oxygens (including phenoxy) is 1. The fraction of sp³-hybridized carbons (Fsp3) is 0.238. The summed E-state index contributed by atoms with van der Waals surface area (Å²) in [6, 6.07) is 15.4. The van der Waals surface area contributed by atoms with Gasteiger partial charge in [0.25, 0.3) is 0 Å². The minimum atomic E-state index is -0.353. The summed E-state index contributed by atoms with van der Waals surface area (Å²) >= 11 is 3.54. The number of carbonyl (C=O) groups excluding carboxylic acids is 2. The first-order chi connectivity index (χ1) is 12.6. The molecule has 0 spiro atoms. The van der Waals surface area contributed by atoms with E-state index < -0.39 is 0 Å². The first kappa shape index (κ1) is 18.4. The second-order valence-corrected chi connectivity index (χ2v) is 7.12. The lowest BCUT2D eigenvalue weighted by Gasteiger charge is -2.25. The molecule has 0 N–H and O–H groups in total. The van der Waals surface area contributed by atoms with Gasteiger partial charge in [-0.05, 0) is 41.7 Å². The standard InChI is InChI=1S/C21H20BrNO3/c1-26-21(25)18-9-8-17(19(22)12-18)11-16-7-10-20(24)23(14-16)13-15-5-3-2-4-6-15/h2-6,8-9,12,14H,7,10-11,13H2,1H3. The van der Waals surface area contributed by atoms with Gasteiger partial charge in [0.05, 0.1) is 19.2 Å². The number of amides is 1. The molecule has 0 aromatic heterocycles. The normalized spacial score (nSPS) is 14.2. The van der Waals surface area contributed by atoms with Gasteiger partial charge < -0.3 is 9.64 Å². The Balaban J connectivity index is 1.75. The highest BCUT2D eigenvalue weighted by atomic mass is 79.9. The second-order valence-electron chi connectivity index (χ2n) is 6.27. The molecule has 1 amide bonds. The average molecular weight is 414 g/mol. The van der Waals surface area contributed by atoms with Crippen LogP contribution in [0.25, 0.3) is 0 Å². The smallest absolute Gasteiger partial charge is 0.337 e. The van der Waals surface area contributed by atoms with Crippen LogP contribution < -0.4 is 0 Å². The van der Waals surface area contributed by atoms with Crippen LogP contribution in [0.15, 0.2) is 64.8 Å². The summed E-state index contributed by atoms with van der Waals surface area (Å²) in [5.41, 5.74) is 3.91. The molecule has 0 atom stereocenters. The lowest BCUT2D eigenvalue weighted by molar-refractivity contribution is -0.129. The number of nitrogens with zero attached hydrogens (tertiary/aromatic N) is 1. The maximum atomic E-state index is 12.2. The zero-order valence-corrected chi connectivity index (χ0v) is 16.2. The van der Waals surface area contributed by atoms with Crippen LogP contribution in [0.3, 0.4) is 0 Å². The molecular weight excluding hydrogens is 394 g/mol. The van der Waals surface area contributed by atoms with E-state index in [-0.39, 0.29) is 11.9 Å². The largest absolute Gasteiger partial charge is 0.465 e. The Hall–Kier alpha value is -2.40. The Bertz CT molecular complexity index is 846. The molecule has 3 rings (SSSR count). The molecule has 0 unspecified atom stereocenters. The monoisotopic (exact) mass is 413 g/mol. The predicted molar refractivity (Wildman–Crippen MR) is 103 cm³/mol. The van der Waals surface area contributed by atoms with Gasteiger partial charge in [0.2, 0.25) is 5.91 Å². The average Bonchev–Trinajstić information content (AvgIpc) is 2.66. The fourth-order valence-electron chi connectivity index (χ4n) is 3.00. The summed E-state index contributed by atoms with van der Waals surface area (Å²) in [7, 11) is 1.37. The molecule has 1 aliphatic rings. The minimum absolute atomic E-state index is 0.151. The first-order valence-electron chi connectivity index (χ1n) is 8.46. The van der Waals surface area contributed by atoms with Crippen molar-refractivity contribution in [2.24, 2.45) is 0 Å². The van der Waals surface area contributed by atoms with E-state index in [2.05, 4.69) is 15.9 Å². The van der Waals surface area contributed by atoms with Gasteiger partial charge in [0.15, 0.2) is 0 Å². The van der Waals surface area contributed by atoms with E-state index in [1.165, 1.54) is 12.7 Å². The topological polar surface area (TPSA) is 46.6 Å². The molecule has 0 saturated heterocycles. The number of esters is 1. The highest BCUT2D eigenvalue weighted by Crippen LogP contribution is 2.26. The van der Waals surface area contributed by atoms with Crippen molar-refractivity contribution < 1.29 is 14.3 Å². The third kappa shape index (κ3) is 4.41. The molecule has 5 heteroatoms. The molecule has 0 aliphatic carbocycles. The quantitative estimate of drug-likeness (QED) is 0.678. The summed E-state index contributed by atoms with van der Waals surface area (Å²) < 4.78 is 5.62. The van der Waals surface area contributed by atoms with Crippen LogP contribution in [-0.4, -0.2) is 23.9 Å². The van der Waals surface area contributed by atoms with E-state index in [1.807, 2.05) is 42.6 Å². The summed E-state index contributed by atoms with van der Waals surface area (Å²) in [6.45, 7) is 0.589. The number of carbonyl (C=O) groups is 2. The molecular formula is C21H20BrNO3. The maximum absolute atomic E-state index is 12.2. The Morgan fingerprint density at radius 3 is 2.62 bits per heavy atom. The molecule has 4 nitrogen and oxygen atoms in total. The van der Waals surface area contributed by atoms with Crippen molar-refractivity contribution in [1.29, 1.82) is 0 Å². The first-order valence-corrected chi connectivity index (χ1v) is 9.26. The summed E-state index contributed by atoms with van der Waals surface area (Å²) in [5, 5.41) is 0. The van der Waals surface area contributed by atoms with Crippen molar-refractivity contribution in [1.82, 2.24) is 4.90 Å². The van der Waals surface area contributed by atoms with Crippen LogP contribution in [-0.2, 0) is 22.5 Å². The summed E-state index contributed by atoms with van der Waals surface area (Å²) in [5.74, 6) is -0.202. The number of hydrogen-bond acceptors (Lipinski definition) is 3. The highest BCUT2D eigenvalue weighted by Gasteiger charge is 2.19. The van der Waals surface area contributed by atoms with Gasteiger partial charge in [-0.2, -0.15) is 0 Å². The summed E-state index contributed by atoms with van der Waals surface area (Å²) in [4.78, 5) is 25.7. The minimum Gasteiger partial charge on any atom is -0.465 e. The van der Waals surface area contributed by atoms with Crippen molar-refractivity contribution >= 4 is 27.8 Å². The number of benzene rings is 2. The summed E-state index contributed by atoms with van der Waals surface area (Å²) in [6.07, 6.45) is 3.99. The van der Waals surface area contributed by atoms with E-state index in [9.17, 15) is 9.59 Å². The predicted octanol–water partition coefficient (Wildman–Crippen LogP) is 4.48. The lowest BCUT2D eigenvalue weighted by Crippen LogP contribution is -2.29. The molecule has 134 valence electrons. The molecule has 0 bridgehead atoms. The molecule has 0 fully saturated rings. The number of halogens is 1. The van der Waals surface area contributed by atoms with Gasteiger partial charge in [-0.25, -0.2) is 4.79 Å². The van der Waals surface area contributed by atoms with Gasteiger partial charge in [0, 0.05) is 17.1 Å². The van der Waals surface area contributed by atoms with Gasteiger partial charge >= 0.3 is 5.97 Å². The molecule has 1 aliphatic heterocycles. The lowest BCUT2D eigenvalue weighted by atomic mass is 9.98. The Morgan fingerprint density at radius 2 is 1.92 bits per heavy atom. The van der Waals surface area contributed by atoms with E-state index in [4.69, 9.17) is 4.74 Å². The van der Waals surface area contributed by atoms with Crippen molar-refractivity contribution in [3.05, 3.63) is 81.5 Å². The van der Waals surface area contributed by atoms with E-state index in [0.717, 1.165) is 28.4 Å². The molecule has 0 saturated carbocycles. The zero-order chi connectivity index (χ0) is 18.5. The van der Waals surface area contributed by atoms with Crippen LogP contribution in [0.1, 0.15) is 34.3 Å². The Kier molecular flexibility index (Phi) is 5.89. The van der Waals surface area contributed by atoms with Gasteiger partial charge in [-0.1, -0.05) is 52.3 Å². The number of rotatable bonds is 5. The number of methoxy groups -OCH3 is 1. The SMILES string of the molecule is COC(=O)c1ccc(CC2=CN(Cc3ccccc3)C(=O)CC2)c(Br)c1. The maximum Gasteiger partial charge on any atom is 0.337 e. The zero-order valence-electron chi connectivity index (χ0n) is 14.6. The van der Waals surface area contributed by atoms with E-state index in [1.54, 1.807) is 17.0 Å². The van der Waals surface area contributed by atoms with Gasteiger partial charge in [0.1, 0.15) is 0 Å². The van der Waals surface area contributed by atoms with Crippen LogP contribution in [0.4, 0.5) is 0 Å². The van der Waals surface area contributed by atoms with Crippen LogP contribution in [0.2, 0.25) is 0 Å². The van der Waals surface area contributed by atoms with Crippen molar-refractivity contribution in [2.45, 2.75) is 25.8 Å². The molecule has 0 radical (unpaired) electrons. The van der Waals surface area contributed by atoms with Crippen LogP contribution in [0.5, 0.6) is 0 Å².